The average Bonchev–Trinajstić information content (AvgIpc) is 3.00. The molecule has 0 aromatic heterocycles. The van der Waals surface area contributed by atoms with Gasteiger partial charge in [-0.05, 0) is 99.8 Å². The van der Waals surface area contributed by atoms with Gasteiger partial charge in [-0.15, -0.1) is 0 Å². The molecule has 1 saturated heterocycles. The number of halogens is 7. The summed E-state index contributed by atoms with van der Waals surface area (Å²) in [4.78, 5) is 0. The zero-order valence-electron chi connectivity index (χ0n) is 25.0. The molecule has 10 heteroatoms. The number of rotatable bonds is 10. The van der Waals surface area contributed by atoms with E-state index in [-0.39, 0.29) is 29.5 Å². The number of hydrogen-bond acceptors (Lipinski definition) is 3. The summed E-state index contributed by atoms with van der Waals surface area (Å²) in [5.74, 6) is -5.73. The number of unbranched alkanes of at least 4 members (excludes halogenated alkanes) is 2. The van der Waals surface area contributed by atoms with E-state index in [9.17, 15) is 22.0 Å². The van der Waals surface area contributed by atoms with Gasteiger partial charge in [0, 0.05) is 17.0 Å². The Morgan fingerprint density at radius 3 is 1.82 bits per heavy atom. The highest BCUT2D eigenvalue weighted by Crippen LogP contribution is 2.46. The Hall–Kier alpha value is -2.17. The van der Waals surface area contributed by atoms with Crippen LogP contribution in [0.5, 0.6) is 0 Å². The monoisotopic (exact) mass is 630 g/mol. The van der Waals surface area contributed by atoms with Crippen molar-refractivity contribution >= 4 is 0 Å². The van der Waals surface area contributed by atoms with E-state index in [4.69, 9.17) is 14.2 Å². The molecule has 44 heavy (non-hydrogen) atoms. The topological polar surface area (TPSA) is 27.7 Å². The fraction of sp³-hybridized carbons (Fsp3) is 0.647. The molecule has 244 valence electrons. The lowest BCUT2D eigenvalue weighted by Crippen LogP contribution is -2.32. The summed E-state index contributed by atoms with van der Waals surface area (Å²) in [6.45, 7) is 3.17. The number of benzene rings is 2. The van der Waals surface area contributed by atoms with Crippen molar-refractivity contribution in [2.24, 2.45) is 17.8 Å². The minimum Gasteiger partial charge on any atom is -0.348 e. The largest absolute Gasteiger partial charge is 0.383 e. The van der Waals surface area contributed by atoms with Gasteiger partial charge >= 0.3 is 6.11 Å². The standard InChI is InChI=1S/C34H41F7O3/c1-2-3-4-5-20-18-42-33(43-19-20)24-14-27(35)31(28(36)15-24)23-8-6-21(7-9-23)22-10-12-26(13-11-22)44-34(40,41)25-16-29(37)32(39)30(38)17-25/h14-17,20-23,26,33H,2-13,18-19H2,1H3. The van der Waals surface area contributed by atoms with E-state index in [2.05, 4.69) is 6.92 Å². The van der Waals surface area contributed by atoms with Gasteiger partial charge in [-0.3, -0.25) is 0 Å². The molecule has 0 unspecified atom stereocenters. The second-order valence-electron chi connectivity index (χ2n) is 12.8. The van der Waals surface area contributed by atoms with Gasteiger partial charge < -0.3 is 14.2 Å². The minimum absolute atomic E-state index is 0.105. The van der Waals surface area contributed by atoms with Crippen LogP contribution < -0.4 is 0 Å². The van der Waals surface area contributed by atoms with E-state index in [1.54, 1.807) is 0 Å². The second-order valence-corrected chi connectivity index (χ2v) is 12.8. The summed E-state index contributed by atoms with van der Waals surface area (Å²) in [6.07, 6.45) is 3.67. The van der Waals surface area contributed by atoms with Crippen molar-refractivity contribution in [1.82, 2.24) is 0 Å². The molecule has 0 N–H and O–H groups in total. The summed E-state index contributed by atoms with van der Waals surface area (Å²) >= 11 is 0. The Balaban J connectivity index is 1.10. The summed E-state index contributed by atoms with van der Waals surface area (Å²) in [6, 6.07) is 3.17. The highest BCUT2D eigenvalue weighted by molar-refractivity contribution is 5.30. The van der Waals surface area contributed by atoms with E-state index in [1.165, 1.54) is 12.1 Å². The first-order chi connectivity index (χ1) is 21.1. The van der Waals surface area contributed by atoms with Gasteiger partial charge in [0.25, 0.3) is 0 Å². The van der Waals surface area contributed by atoms with Crippen molar-refractivity contribution in [2.45, 2.75) is 108 Å². The molecular formula is C34H41F7O3. The minimum atomic E-state index is -3.96. The number of alkyl halides is 2. The van der Waals surface area contributed by atoms with Crippen molar-refractivity contribution in [2.75, 3.05) is 13.2 Å². The van der Waals surface area contributed by atoms with E-state index >= 15 is 8.78 Å². The Morgan fingerprint density at radius 1 is 0.727 bits per heavy atom. The smallest absolute Gasteiger partial charge is 0.348 e. The van der Waals surface area contributed by atoms with E-state index in [0.29, 0.717) is 69.1 Å². The highest BCUT2D eigenvalue weighted by atomic mass is 19.3. The number of ether oxygens (including phenoxy) is 3. The van der Waals surface area contributed by atoms with Crippen molar-refractivity contribution < 1.29 is 44.9 Å². The molecule has 0 atom stereocenters. The maximum atomic E-state index is 15.3. The van der Waals surface area contributed by atoms with Crippen LogP contribution in [-0.4, -0.2) is 19.3 Å². The molecular weight excluding hydrogens is 589 g/mol. The normalized spacial score (nSPS) is 28.3. The summed E-state index contributed by atoms with van der Waals surface area (Å²) in [7, 11) is 0. The third-order valence-corrected chi connectivity index (χ3v) is 9.76. The Bertz CT molecular complexity index is 1200. The summed E-state index contributed by atoms with van der Waals surface area (Å²) < 4.78 is 116. The second kappa shape index (κ2) is 14.5. The molecule has 0 radical (unpaired) electrons. The molecule has 0 amide bonds. The SMILES string of the molecule is CCCCCC1COC(c2cc(F)c(C3CCC(C4CCC(OC(F)(F)c5cc(F)c(F)c(F)c5)CC4)CC3)c(F)c2)OC1. The third kappa shape index (κ3) is 7.79. The van der Waals surface area contributed by atoms with Gasteiger partial charge in [-0.25, -0.2) is 22.0 Å². The molecule has 1 heterocycles. The van der Waals surface area contributed by atoms with Crippen LogP contribution in [0.2, 0.25) is 0 Å². The Morgan fingerprint density at radius 2 is 1.27 bits per heavy atom. The molecule has 0 bridgehead atoms. The molecule has 3 nitrogen and oxygen atoms in total. The summed E-state index contributed by atoms with van der Waals surface area (Å²) in [5, 5.41) is 0. The highest BCUT2D eigenvalue weighted by Gasteiger charge is 2.40. The lowest BCUT2D eigenvalue weighted by Gasteiger charge is -2.38. The molecule has 2 saturated carbocycles. The Kier molecular flexibility index (Phi) is 10.9. The molecule has 3 fully saturated rings. The van der Waals surface area contributed by atoms with E-state index < -0.39 is 53.2 Å². The van der Waals surface area contributed by atoms with Crippen molar-refractivity contribution in [1.29, 1.82) is 0 Å². The van der Waals surface area contributed by atoms with Crippen molar-refractivity contribution in [3.63, 3.8) is 0 Å². The predicted octanol–water partition coefficient (Wildman–Crippen LogP) is 10.2. The Labute approximate surface area is 254 Å². The lowest BCUT2D eigenvalue weighted by atomic mass is 9.69. The first kappa shape index (κ1) is 33.2. The van der Waals surface area contributed by atoms with Gasteiger partial charge in [0.1, 0.15) is 11.6 Å². The average molecular weight is 631 g/mol. The predicted molar refractivity (Wildman–Crippen MR) is 150 cm³/mol. The first-order valence-corrected chi connectivity index (χ1v) is 16.0. The lowest BCUT2D eigenvalue weighted by molar-refractivity contribution is -0.278. The molecule has 0 spiro atoms. The molecule has 5 rings (SSSR count). The van der Waals surface area contributed by atoms with Crippen LogP contribution in [0.3, 0.4) is 0 Å². The fourth-order valence-electron chi connectivity index (χ4n) is 7.27. The van der Waals surface area contributed by atoms with Gasteiger partial charge in [-0.1, -0.05) is 26.2 Å². The number of hydrogen-bond donors (Lipinski definition) is 0. The van der Waals surface area contributed by atoms with Crippen LogP contribution in [0, 0.1) is 46.8 Å². The van der Waals surface area contributed by atoms with Crippen molar-refractivity contribution in [3.8, 4) is 0 Å². The van der Waals surface area contributed by atoms with Crippen LogP contribution in [0.4, 0.5) is 30.7 Å². The summed E-state index contributed by atoms with van der Waals surface area (Å²) in [5.41, 5.74) is -0.607. The molecule has 3 aliphatic rings. The molecule has 2 aliphatic carbocycles. The fourth-order valence-corrected chi connectivity index (χ4v) is 7.27. The zero-order valence-corrected chi connectivity index (χ0v) is 25.0. The van der Waals surface area contributed by atoms with E-state index in [0.717, 1.165) is 38.5 Å². The van der Waals surface area contributed by atoms with Gasteiger partial charge in [0.2, 0.25) is 0 Å². The molecule has 1 aliphatic heterocycles. The van der Waals surface area contributed by atoms with Crippen LogP contribution in [0.15, 0.2) is 24.3 Å². The van der Waals surface area contributed by atoms with Gasteiger partial charge in [0.15, 0.2) is 23.7 Å². The molecule has 2 aromatic rings. The first-order valence-electron chi connectivity index (χ1n) is 16.0. The van der Waals surface area contributed by atoms with Crippen LogP contribution in [0.25, 0.3) is 0 Å². The third-order valence-electron chi connectivity index (χ3n) is 9.76. The molecule has 2 aromatic carbocycles. The van der Waals surface area contributed by atoms with Gasteiger partial charge in [0.05, 0.1) is 24.9 Å². The van der Waals surface area contributed by atoms with Crippen LogP contribution in [0.1, 0.15) is 113 Å². The van der Waals surface area contributed by atoms with Crippen LogP contribution >= 0.6 is 0 Å². The van der Waals surface area contributed by atoms with E-state index in [1.807, 2.05) is 0 Å². The zero-order chi connectivity index (χ0) is 31.4. The maximum Gasteiger partial charge on any atom is 0.383 e. The van der Waals surface area contributed by atoms with Crippen LogP contribution in [-0.2, 0) is 20.3 Å². The van der Waals surface area contributed by atoms with Crippen molar-refractivity contribution in [3.05, 3.63) is 70.0 Å². The van der Waals surface area contributed by atoms with Gasteiger partial charge in [-0.2, -0.15) is 8.78 Å². The maximum absolute atomic E-state index is 15.3. The quantitative estimate of drug-likeness (QED) is 0.149.